The molecule has 2 heterocycles. The largest absolute Gasteiger partial charge is 0.187 e. The summed E-state index contributed by atoms with van der Waals surface area (Å²) in [6.45, 7) is 0. The minimum Gasteiger partial charge on any atom is -0.177 e. The number of nitrogens with one attached hydrogen (secondary N) is 1. The molecule has 1 atom stereocenters. The smallest absolute Gasteiger partial charge is 0.177 e. The van der Waals surface area contributed by atoms with Gasteiger partial charge >= 0.3 is 0 Å². The fraction of sp³-hybridized carbons (Fsp3) is 0.800. The van der Waals surface area contributed by atoms with Crippen molar-refractivity contribution in [3.05, 3.63) is 5.82 Å². The summed E-state index contributed by atoms with van der Waals surface area (Å²) < 4.78 is 0. The second kappa shape index (κ2) is 2.57. The molecular weight excluding hydrogens is 148 g/mol. The van der Waals surface area contributed by atoms with Crippen molar-refractivity contribution in [2.75, 3.05) is 5.75 Å². The van der Waals surface area contributed by atoms with Crippen LogP contribution < -0.4 is 0 Å². The molecule has 1 aromatic heterocycles. The van der Waals surface area contributed by atoms with Gasteiger partial charge < -0.3 is 0 Å². The van der Waals surface area contributed by atoms with E-state index < -0.39 is 0 Å². The molecule has 54 valence electrons. The van der Waals surface area contributed by atoms with Crippen LogP contribution in [-0.4, -0.2) is 26.4 Å². The zero-order chi connectivity index (χ0) is 6.81. The molecule has 1 aliphatic heterocycles. The normalized spacial score (nSPS) is 25.4. The molecule has 1 N–H and O–H groups in total. The van der Waals surface area contributed by atoms with Crippen molar-refractivity contribution < 1.29 is 0 Å². The van der Waals surface area contributed by atoms with E-state index in [1.165, 1.54) is 18.6 Å². The first-order chi connectivity index (χ1) is 4.97. The molecule has 0 aromatic carbocycles. The third-order valence-electron chi connectivity index (χ3n) is 1.58. The summed E-state index contributed by atoms with van der Waals surface area (Å²) in [5, 5.41) is 14.3. The Morgan fingerprint density at radius 1 is 1.60 bits per heavy atom. The van der Waals surface area contributed by atoms with Crippen molar-refractivity contribution >= 4 is 11.8 Å². The second-order valence-corrected chi connectivity index (χ2v) is 3.58. The highest BCUT2D eigenvalue weighted by molar-refractivity contribution is 7.99. The molecule has 1 aliphatic rings. The lowest BCUT2D eigenvalue weighted by molar-refractivity contribution is 0.780. The van der Waals surface area contributed by atoms with Gasteiger partial charge in [0, 0.05) is 0 Å². The number of nitrogens with zero attached hydrogens (tertiary/aromatic N) is 3. The highest BCUT2D eigenvalue weighted by Crippen LogP contribution is 2.37. The standard InChI is InChI=1S/C5H8N4S/c1-2-4(10-3-1)5-6-8-9-7-5/h4H,1-3H2,(H,6,7,8,9)/t4-/m0/s1. The SMILES string of the molecule is C1CS[C@H](c2nn[nH]n2)C1. The summed E-state index contributed by atoms with van der Waals surface area (Å²) in [7, 11) is 0. The number of aromatic amines is 1. The van der Waals surface area contributed by atoms with Crippen molar-refractivity contribution in [2.45, 2.75) is 18.1 Å². The summed E-state index contributed by atoms with van der Waals surface area (Å²) in [6.07, 6.45) is 2.48. The van der Waals surface area contributed by atoms with Crippen LogP contribution in [0, 0.1) is 0 Å². The number of rotatable bonds is 1. The van der Waals surface area contributed by atoms with Gasteiger partial charge in [-0.05, 0) is 18.6 Å². The lowest BCUT2D eigenvalue weighted by Crippen LogP contribution is -1.90. The maximum atomic E-state index is 3.93. The molecule has 4 nitrogen and oxygen atoms in total. The van der Waals surface area contributed by atoms with E-state index in [0.717, 1.165) is 5.82 Å². The molecule has 0 bridgehead atoms. The minimum atomic E-state index is 0.499. The quantitative estimate of drug-likeness (QED) is 0.652. The fourth-order valence-electron chi connectivity index (χ4n) is 1.09. The first-order valence-electron chi connectivity index (χ1n) is 3.32. The summed E-state index contributed by atoms with van der Waals surface area (Å²) in [5.74, 6) is 2.10. The molecule has 2 rings (SSSR count). The Kier molecular flexibility index (Phi) is 1.58. The van der Waals surface area contributed by atoms with Gasteiger partial charge in [0.15, 0.2) is 5.82 Å². The van der Waals surface area contributed by atoms with Crippen LogP contribution in [-0.2, 0) is 0 Å². The van der Waals surface area contributed by atoms with E-state index in [2.05, 4.69) is 20.6 Å². The Balaban J connectivity index is 2.12. The zero-order valence-electron chi connectivity index (χ0n) is 5.45. The van der Waals surface area contributed by atoms with E-state index in [1.807, 2.05) is 11.8 Å². The topological polar surface area (TPSA) is 54.5 Å². The maximum absolute atomic E-state index is 3.93. The number of thioether (sulfide) groups is 1. The van der Waals surface area contributed by atoms with E-state index in [1.54, 1.807) is 0 Å². The van der Waals surface area contributed by atoms with Crippen LogP contribution in [0.25, 0.3) is 0 Å². The zero-order valence-corrected chi connectivity index (χ0v) is 6.27. The molecular formula is C5H8N4S. The van der Waals surface area contributed by atoms with Crippen molar-refractivity contribution in [1.82, 2.24) is 20.6 Å². The van der Waals surface area contributed by atoms with E-state index in [-0.39, 0.29) is 0 Å². The van der Waals surface area contributed by atoms with Crippen molar-refractivity contribution in [2.24, 2.45) is 0 Å². The number of hydrogen-bond acceptors (Lipinski definition) is 4. The third-order valence-corrected chi connectivity index (χ3v) is 2.95. The van der Waals surface area contributed by atoms with Crippen LogP contribution in [0.1, 0.15) is 23.9 Å². The van der Waals surface area contributed by atoms with Crippen LogP contribution in [0.4, 0.5) is 0 Å². The summed E-state index contributed by atoms with van der Waals surface area (Å²) in [6, 6.07) is 0. The predicted octanol–water partition coefficient (Wildman–Crippen LogP) is 0.768. The molecule has 0 amide bonds. The molecule has 1 aromatic rings. The molecule has 1 saturated heterocycles. The van der Waals surface area contributed by atoms with Crippen molar-refractivity contribution in [3.63, 3.8) is 0 Å². The van der Waals surface area contributed by atoms with Crippen LogP contribution >= 0.6 is 11.8 Å². The molecule has 0 spiro atoms. The number of hydrogen-bond donors (Lipinski definition) is 1. The first-order valence-corrected chi connectivity index (χ1v) is 4.36. The number of tetrazole rings is 1. The number of aromatic nitrogens is 4. The summed E-state index contributed by atoms with van der Waals surface area (Å²) >= 11 is 1.92. The Hall–Kier alpha value is -0.580. The lowest BCUT2D eigenvalue weighted by atomic mass is 10.2. The Morgan fingerprint density at radius 3 is 3.20 bits per heavy atom. The molecule has 10 heavy (non-hydrogen) atoms. The Labute approximate surface area is 62.8 Å². The van der Waals surface area contributed by atoms with Gasteiger partial charge in [0.05, 0.1) is 5.25 Å². The average Bonchev–Trinajstić information content (AvgIpc) is 2.59. The van der Waals surface area contributed by atoms with Crippen LogP contribution in [0.2, 0.25) is 0 Å². The van der Waals surface area contributed by atoms with Gasteiger partial charge in [0.25, 0.3) is 0 Å². The monoisotopic (exact) mass is 156 g/mol. The van der Waals surface area contributed by atoms with Crippen LogP contribution in [0.5, 0.6) is 0 Å². The van der Waals surface area contributed by atoms with Crippen molar-refractivity contribution in [1.29, 1.82) is 0 Å². The molecule has 5 heteroatoms. The third kappa shape index (κ3) is 1.01. The van der Waals surface area contributed by atoms with Gasteiger partial charge in [-0.1, -0.05) is 5.21 Å². The summed E-state index contributed by atoms with van der Waals surface area (Å²) in [5.41, 5.74) is 0. The Morgan fingerprint density at radius 2 is 2.60 bits per heavy atom. The fourth-order valence-corrected chi connectivity index (χ4v) is 2.29. The molecule has 0 aliphatic carbocycles. The second-order valence-electron chi connectivity index (χ2n) is 2.27. The molecule has 0 radical (unpaired) electrons. The summed E-state index contributed by atoms with van der Waals surface area (Å²) in [4.78, 5) is 0. The van der Waals surface area contributed by atoms with Gasteiger partial charge in [0.1, 0.15) is 0 Å². The lowest BCUT2D eigenvalue weighted by Gasteiger charge is -1.98. The van der Waals surface area contributed by atoms with Crippen LogP contribution in [0.15, 0.2) is 0 Å². The van der Waals surface area contributed by atoms with Gasteiger partial charge in [0.2, 0.25) is 0 Å². The van der Waals surface area contributed by atoms with Gasteiger partial charge in [-0.25, -0.2) is 0 Å². The van der Waals surface area contributed by atoms with Gasteiger partial charge in [-0.15, -0.1) is 10.2 Å². The highest BCUT2D eigenvalue weighted by atomic mass is 32.2. The van der Waals surface area contributed by atoms with Gasteiger partial charge in [-0.2, -0.15) is 17.0 Å². The highest BCUT2D eigenvalue weighted by Gasteiger charge is 2.20. The van der Waals surface area contributed by atoms with Crippen LogP contribution in [0.3, 0.4) is 0 Å². The van der Waals surface area contributed by atoms with E-state index >= 15 is 0 Å². The van der Waals surface area contributed by atoms with E-state index in [4.69, 9.17) is 0 Å². The molecule has 0 saturated carbocycles. The molecule has 0 unspecified atom stereocenters. The average molecular weight is 156 g/mol. The predicted molar refractivity (Wildman–Crippen MR) is 38.6 cm³/mol. The van der Waals surface area contributed by atoms with Crippen molar-refractivity contribution in [3.8, 4) is 0 Å². The van der Waals surface area contributed by atoms with E-state index in [9.17, 15) is 0 Å². The Bertz CT molecular complexity index is 191. The van der Waals surface area contributed by atoms with Gasteiger partial charge in [-0.3, -0.25) is 0 Å². The van der Waals surface area contributed by atoms with E-state index in [0.29, 0.717) is 5.25 Å². The first kappa shape index (κ1) is 6.15. The molecule has 1 fully saturated rings. The number of H-pyrrole nitrogens is 1. The maximum Gasteiger partial charge on any atom is 0.187 e. The minimum absolute atomic E-state index is 0.499.